The largest absolute Gasteiger partial charge is 0.489 e. The molecule has 2 aliphatic rings. The summed E-state index contributed by atoms with van der Waals surface area (Å²) in [6.07, 6.45) is 3.81. The molecule has 0 amide bonds. The minimum Gasteiger partial charge on any atom is -0.489 e. The van der Waals surface area contributed by atoms with E-state index >= 15 is 0 Å². The SMILES string of the molecule is C=CCSc1nc2c(c(=O)[nH]1)C(c1ccc(OCc3ccccc3)cc1)C1=C(CCCC1=O)N2. The zero-order valence-electron chi connectivity index (χ0n) is 18.7. The molecule has 2 N–H and O–H groups in total. The molecule has 0 radical (unpaired) electrons. The van der Waals surface area contributed by atoms with Gasteiger partial charge < -0.3 is 15.0 Å². The van der Waals surface area contributed by atoms with Gasteiger partial charge in [-0.05, 0) is 36.1 Å². The van der Waals surface area contributed by atoms with Crippen molar-refractivity contribution in [2.75, 3.05) is 11.1 Å². The van der Waals surface area contributed by atoms with Gasteiger partial charge in [0, 0.05) is 29.4 Å². The number of H-pyrrole nitrogens is 1. The van der Waals surface area contributed by atoms with Crippen LogP contribution in [0.25, 0.3) is 0 Å². The molecule has 3 aromatic rings. The minimum absolute atomic E-state index is 0.0818. The van der Waals surface area contributed by atoms with E-state index in [2.05, 4.69) is 21.9 Å². The minimum atomic E-state index is -0.461. The van der Waals surface area contributed by atoms with Crippen molar-refractivity contribution in [3.63, 3.8) is 0 Å². The summed E-state index contributed by atoms with van der Waals surface area (Å²) in [7, 11) is 0. The van der Waals surface area contributed by atoms with Gasteiger partial charge >= 0.3 is 0 Å². The Morgan fingerprint density at radius 3 is 2.65 bits per heavy atom. The number of ether oxygens (including phenoxy) is 1. The molecule has 172 valence electrons. The Kier molecular flexibility index (Phi) is 6.36. The van der Waals surface area contributed by atoms with Crippen LogP contribution in [-0.2, 0) is 11.4 Å². The van der Waals surface area contributed by atoms with E-state index in [9.17, 15) is 9.59 Å². The van der Waals surface area contributed by atoms with Gasteiger partial charge in [0.25, 0.3) is 5.56 Å². The summed E-state index contributed by atoms with van der Waals surface area (Å²) in [5.41, 5.74) is 3.75. The second-order valence-electron chi connectivity index (χ2n) is 8.30. The summed E-state index contributed by atoms with van der Waals surface area (Å²) in [5, 5.41) is 3.83. The summed E-state index contributed by atoms with van der Waals surface area (Å²) < 4.78 is 5.93. The van der Waals surface area contributed by atoms with Gasteiger partial charge in [-0.25, -0.2) is 4.98 Å². The number of nitrogens with zero attached hydrogens (tertiary/aromatic N) is 1. The third-order valence-electron chi connectivity index (χ3n) is 6.04. The normalized spacial score (nSPS) is 16.9. The van der Waals surface area contributed by atoms with Crippen LogP contribution in [0.2, 0.25) is 0 Å². The lowest BCUT2D eigenvalue weighted by Gasteiger charge is -2.32. The van der Waals surface area contributed by atoms with Crippen molar-refractivity contribution < 1.29 is 9.53 Å². The maximum Gasteiger partial charge on any atom is 0.257 e. The molecule has 7 heteroatoms. The van der Waals surface area contributed by atoms with Crippen molar-refractivity contribution in [3.8, 4) is 5.75 Å². The fourth-order valence-corrected chi connectivity index (χ4v) is 5.07. The van der Waals surface area contributed by atoms with Gasteiger partial charge in [0.1, 0.15) is 18.2 Å². The fourth-order valence-electron chi connectivity index (χ4n) is 4.48. The highest BCUT2D eigenvalue weighted by Crippen LogP contribution is 2.43. The second kappa shape index (κ2) is 9.73. The van der Waals surface area contributed by atoms with Gasteiger partial charge in [0.15, 0.2) is 10.9 Å². The van der Waals surface area contributed by atoms with Gasteiger partial charge in [0.05, 0.1) is 5.56 Å². The first-order valence-corrected chi connectivity index (χ1v) is 12.3. The number of carbonyl (C=O) groups is 1. The molecular formula is C27H25N3O3S. The maximum atomic E-state index is 13.2. The van der Waals surface area contributed by atoms with Gasteiger partial charge in [-0.1, -0.05) is 60.3 Å². The number of Topliss-reactive ketones (excluding diaryl/α,β-unsaturated/α-hetero) is 1. The van der Waals surface area contributed by atoms with E-state index in [1.165, 1.54) is 11.8 Å². The molecule has 34 heavy (non-hydrogen) atoms. The van der Waals surface area contributed by atoms with Gasteiger partial charge in [-0.3, -0.25) is 9.59 Å². The van der Waals surface area contributed by atoms with E-state index in [1.807, 2.05) is 54.6 Å². The highest BCUT2D eigenvalue weighted by molar-refractivity contribution is 7.99. The zero-order chi connectivity index (χ0) is 23.5. The van der Waals surface area contributed by atoms with Crippen molar-refractivity contribution in [3.05, 3.63) is 106 Å². The van der Waals surface area contributed by atoms with E-state index in [1.54, 1.807) is 6.08 Å². The lowest BCUT2D eigenvalue weighted by Crippen LogP contribution is -2.32. The van der Waals surface area contributed by atoms with Crippen LogP contribution in [0.4, 0.5) is 5.82 Å². The predicted molar refractivity (Wildman–Crippen MR) is 134 cm³/mol. The third-order valence-corrected chi connectivity index (χ3v) is 6.91. The molecule has 2 aromatic carbocycles. The number of aromatic amines is 1. The lowest BCUT2D eigenvalue weighted by atomic mass is 9.76. The summed E-state index contributed by atoms with van der Waals surface area (Å²) in [4.78, 5) is 33.7. The Hall–Kier alpha value is -3.58. The van der Waals surface area contributed by atoms with E-state index in [0.29, 0.717) is 40.9 Å². The van der Waals surface area contributed by atoms with Crippen molar-refractivity contribution in [2.45, 2.75) is 36.9 Å². The molecular weight excluding hydrogens is 446 g/mol. The quantitative estimate of drug-likeness (QED) is 0.280. The van der Waals surface area contributed by atoms with Crippen molar-refractivity contribution in [2.24, 2.45) is 0 Å². The number of allylic oxidation sites excluding steroid dienone is 2. The average Bonchev–Trinajstić information content (AvgIpc) is 2.86. The topological polar surface area (TPSA) is 84.1 Å². The van der Waals surface area contributed by atoms with Crippen molar-refractivity contribution in [1.29, 1.82) is 0 Å². The van der Waals surface area contributed by atoms with Crippen molar-refractivity contribution in [1.82, 2.24) is 9.97 Å². The van der Waals surface area contributed by atoms with Gasteiger partial charge in [-0.15, -0.1) is 6.58 Å². The Morgan fingerprint density at radius 1 is 1.09 bits per heavy atom. The molecule has 1 unspecified atom stereocenters. The molecule has 2 heterocycles. The number of rotatable bonds is 7. The molecule has 1 aliphatic carbocycles. The highest BCUT2D eigenvalue weighted by Gasteiger charge is 2.37. The van der Waals surface area contributed by atoms with Crippen LogP contribution in [0.5, 0.6) is 5.75 Å². The van der Waals surface area contributed by atoms with Gasteiger partial charge in [0.2, 0.25) is 0 Å². The molecule has 0 fully saturated rings. The number of hydrogen-bond donors (Lipinski definition) is 2. The molecule has 5 rings (SSSR count). The lowest BCUT2D eigenvalue weighted by molar-refractivity contribution is -0.116. The Morgan fingerprint density at radius 2 is 1.88 bits per heavy atom. The number of hydrogen-bond acceptors (Lipinski definition) is 6. The Labute approximate surface area is 202 Å². The number of ketones is 1. The van der Waals surface area contributed by atoms with Crippen LogP contribution in [-0.4, -0.2) is 21.5 Å². The number of thioether (sulfide) groups is 1. The van der Waals surface area contributed by atoms with Crippen LogP contribution >= 0.6 is 11.8 Å². The number of aromatic nitrogens is 2. The predicted octanol–water partition coefficient (Wildman–Crippen LogP) is 5.19. The first-order valence-electron chi connectivity index (χ1n) is 11.3. The van der Waals surface area contributed by atoms with Crippen LogP contribution in [0.3, 0.4) is 0 Å². The molecule has 6 nitrogen and oxygen atoms in total. The maximum absolute atomic E-state index is 13.2. The summed E-state index contributed by atoms with van der Waals surface area (Å²) in [6.45, 7) is 4.20. The van der Waals surface area contributed by atoms with E-state index in [-0.39, 0.29) is 11.3 Å². The molecule has 1 aromatic heterocycles. The number of nitrogens with one attached hydrogen (secondary N) is 2. The number of carbonyl (C=O) groups excluding carboxylic acids is 1. The molecule has 0 saturated carbocycles. The summed E-state index contributed by atoms with van der Waals surface area (Å²) >= 11 is 1.42. The van der Waals surface area contributed by atoms with Crippen LogP contribution < -0.4 is 15.6 Å². The van der Waals surface area contributed by atoms with Crippen LogP contribution in [0.15, 0.2) is 88.5 Å². The summed E-state index contributed by atoms with van der Waals surface area (Å²) in [5.74, 6) is 1.52. The number of anilines is 1. The average molecular weight is 472 g/mol. The number of benzene rings is 2. The fraction of sp³-hybridized carbons (Fsp3) is 0.222. The third kappa shape index (κ3) is 4.43. The van der Waals surface area contributed by atoms with E-state index in [0.717, 1.165) is 35.4 Å². The molecule has 0 saturated heterocycles. The second-order valence-corrected chi connectivity index (χ2v) is 9.31. The Balaban J connectivity index is 1.50. The molecule has 1 atom stereocenters. The molecule has 0 bridgehead atoms. The standard InChI is InChI=1S/C27H25N3O3S/c1-2-15-34-27-29-25-24(26(32)30-27)22(23-20(28-25)9-6-10-21(23)31)18-11-13-19(14-12-18)33-16-17-7-4-3-5-8-17/h2-5,7-8,11-14,22H,1,6,9-10,15-16H2,(H2,28,29,30,32). The van der Waals surface area contributed by atoms with E-state index < -0.39 is 5.92 Å². The molecule has 0 spiro atoms. The first kappa shape index (κ1) is 22.2. The summed E-state index contributed by atoms with van der Waals surface area (Å²) in [6, 6.07) is 17.6. The first-order chi connectivity index (χ1) is 16.6. The highest BCUT2D eigenvalue weighted by atomic mass is 32.2. The smallest absolute Gasteiger partial charge is 0.257 e. The monoisotopic (exact) mass is 471 g/mol. The Bertz CT molecular complexity index is 1310. The van der Waals surface area contributed by atoms with Crippen LogP contribution in [0, 0.1) is 0 Å². The molecule has 1 aliphatic heterocycles. The van der Waals surface area contributed by atoms with Crippen molar-refractivity contribution >= 4 is 23.4 Å². The zero-order valence-corrected chi connectivity index (χ0v) is 19.5. The van der Waals surface area contributed by atoms with Gasteiger partial charge in [-0.2, -0.15) is 0 Å². The van der Waals surface area contributed by atoms with E-state index in [4.69, 9.17) is 4.74 Å². The van der Waals surface area contributed by atoms with Crippen LogP contribution in [0.1, 0.15) is 41.9 Å². The number of fused-ring (bicyclic) bond motifs is 1.